The first-order valence-corrected chi connectivity index (χ1v) is 6.64. The van der Waals surface area contributed by atoms with E-state index in [-0.39, 0.29) is 5.60 Å². The van der Waals surface area contributed by atoms with Crippen molar-refractivity contribution in [1.82, 2.24) is 9.55 Å². The molecule has 0 radical (unpaired) electrons. The Kier molecular flexibility index (Phi) is 4.57. The number of ether oxygens (including phenoxy) is 1. The molecule has 0 spiro atoms. The highest BCUT2D eigenvalue weighted by Crippen LogP contribution is 2.30. The van der Waals surface area contributed by atoms with Gasteiger partial charge in [-0.25, -0.2) is 4.98 Å². The molecule has 17 heavy (non-hydrogen) atoms. The average molecular weight is 237 g/mol. The Hall–Kier alpha value is -0.870. The molecule has 1 aliphatic carbocycles. The molecule has 0 aromatic carbocycles. The Balaban J connectivity index is 1.69. The molecular weight excluding hydrogens is 214 g/mol. The summed E-state index contributed by atoms with van der Waals surface area (Å²) in [5, 5.41) is 0. The summed E-state index contributed by atoms with van der Waals surface area (Å²) in [5.41, 5.74) is 5.85. The predicted molar refractivity (Wildman–Crippen MR) is 67.7 cm³/mol. The third-order valence-corrected chi connectivity index (χ3v) is 3.66. The highest BCUT2D eigenvalue weighted by atomic mass is 16.5. The van der Waals surface area contributed by atoms with Crippen LogP contribution < -0.4 is 5.73 Å². The fraction of sp³-hybridized carbons (Fsp3) is 0.769. The van der Waals surface area contributed by atoms with Crippen molar-refractivity contribution in [3.8, 4) is 0 Å². The van der Waals surface area contributed by atoms with Crippen LogP contribution in [-0.4, -0.2) is 28.3 Å². The molecule has 2 N–H and O–H groups in total. The SMILES string of the molecule is NCC1(OCCCn2ccnc2)CCCCC1. The number of aryl methyl sites for hydroxylation is 1. The number of hydrogen-bond donors (Lipinski definition) is 1. The van der Waals surface area contributed by atoms with Gasteiger partial charge in [-0.05, 0) is 19.3 Å². The van der Waals surface area contributed by atoms with Crippen LogP contribution in [0.5, 0.6) is 0 Å². The van der Waals surface area contributed by atoms with Crippen LogP contribution >= 0.6 is 0 Å². The summed E-state index contributed by atoms with van der Waals surface area (Å²) < 4.78 is 8.14. The number of nitrogens with zero attached hydrogens (tertiary/aromatic N) is 2. The van der Waals surface area contributed by atoms with E-state index in [4.69, 9.17) is 10.5 Å². The molecule has 4 nitrogen and oxygen atoms in total. The molecule has 0 unspecified atom stereocenters. The number of rotatable bonds is 6. The Bertz CT molecular complexity index is 304. The second-order valence-corrected chi connectivity index (χ2v) is 4.95. The largest absolute Gasteiger partial charge is 0.374 e. The van der Waals surface area contributed by atoms with E-state index in [1.165, 1.54) is 19.3 Å². The van der Waals surface area contributed by atoms with E-state index in [1.54, 1.807) is 0 Å². The van der Waals surface area contributed by atoms with E-state index in [9.17, 15) is 0 Å². The summed E-state index contributed by atoms with van der Waals surface area (Å²) in [7, 11) is 0. The quantitative estimate of drug-likeness (QED) is 0.769. The number of aromatic nitrogens is 2. The van der Waals surface area contributed by atoms with E-state index < -0.39 is 0 Å². The van der Waals surface area contributed by atoms with Crippen LogP contribution in [0.25, 0.3) is 0 Å². The van der Waals surface area contributed by atoms with Gasteiger partial charge in [-0.15, -0.1) is 0 Å². The normalized spacial score (nSPS) is 19.4. The van der Waals surface area contributed by atoms with Crippen molar-refractivity contribution in [1.29, 1.82) is 0 Å². The molecule has 1 saturated carbocycles. The number of imidazole rings is 1. The van der Waals surface area contributed by atoms with Crippen LogP contribution in [0.1, 0.15) is 38.5 Å². The minimum atomic E-state index is -0.0206. The monoisotopic (exact) mass is 237 g/mol. The van der Waals surface area contributed by atoms with Gasteiger partial charge < -0.3 is 15.0 Å². The Morgan fingerprint density at radius 2 is 2.12 bits per heavy atom. The standard InChI is InChI=1S/C13H23N3O/c14-11-13(5-2-1-3-6-13)17-10-4-8-16-9-7-15-12-16/h7,9,12H,1-6,8,10-11,14H2. The fourth-order valence-electron chi connectivity index (χ4n) is 2.56. The minimum Gasteiger partial charge on any atom is -0.374 e. The lowest BCUT2D eigenvalue weighted by Crippen LogP contribution is -2.42. The van der Waals surface area contributed by atoms with Crippen LogP contribution in [0.15, 0.2) is 18.7 Å². The molecule has 1 aromatic rings. The molecular formula is C13H23N3O. The molecule has 0 saturated heterocycles. The van der Waals surface area contributed by atoms with Gasteiger partial charge in [0.05, 0.1) is 11.9 Å². The molecule has 0 atom stereocenters. The van der Waals surface area contributed by atoms with Crippen LogP contribution in [-0.2, 0) is 11.3 Å². The van der Waals surface area contributed by atoms with Crippen LogP contribution in [0.4, 0.5) is 0 Å². The Morgan fingerprint density at radius 1 is 1.29 bits per heavy atom. The highest BCUT2D eigenvalue weighted by Gasteiger charge is 2.31. The van der Waals surface area contributed by atoms with E-state index >= 15 is 0 Å². The van der Waals surface area contributed by atoms with Gasteiger partial charge in [-0.3, -0.25) is 0 Å². The smallest absolute Gasteiger partial charge is 0.0945 e. The molecule has 0 aliphatic heterocycles. The third kappa shape index (κ3) is 3.54. The molecule has 1 heterocycles. The summed E-state index contributed by atoms with van der Waals surface area (Å²) in [4.78, 5) is 4.02. The zero-order valence-corrected chi connectivity index (χ0v) is 10.5. The second-order valence-electron chi connectivity index (χ2n) is 4.95. The summed E-state index contributed by atoms with van der Waals surface area (Å²) >= 11 is 0. The Labute approximate surface area is 103 Å². The van der Waals surface area contributed by atoms with Crippen molar-refractivity contribution in [2.45, 2.75) is 50.7 Å². The van der Waals surface area contributed by atoms with Crippen LogP contribution in [0.2, 0.25) is 0 Å². The van der Waals surface area contributed by atoms with Crippen molar-refractivity contribution in [2.75, 3.05) is 13.2 Å². The van der Waals surface area contributed by atoms with Gasteiger partial charge in [-0.2, -0.15) is 0 Å². The van der Waals surface area contributed by atoms with Gasteiger partial charge in [0.1, 0.15) is 0 Å². The molecule has 4 heteroatoms. The zero-order chi connectivity index (χ0) is 12.0. The summed E-state index contributed by atoms with van der Waals surface area (Å²) in [6.45, 7) is 2.44. The van der Waals surface area contributed by atoms with Gasteiger partial charge in [0.2, 0.25) is 0 Å². The maximum Gasteiger partial charge on any atom is 0.0945 e. The van der Waals surface area contributed by atoms with Gasteiger partial charge >= 0.3 is 0 Å². The summed E-state index contributed by atoms with van der Waals surface area (Å²) in [6.07, 6.45) is 12.8. The Morgan fingerprint density at radius 3 is 2.76 bits per heavy atom. The van der Waals surface area contributed by atoms with E-state index in [1.807, 2.05) is 18.7 Å². The van der Waals surface area contributed by atoms with Crippen molar-refractivity contribution in [3.05, 3.63) is 18.7 Å². The number of hydrogen-bond acceptors (Lipinski definition) is 3. The van der Waals surface area contributed by atoms with Gasteiger partial charge in [-0.1, -0.05) is 19.3 Å². The van der Waals surface area contributed by atoms with Crippen molar-refractivity contribution < 1.29 is 4.74 Å². The molecule has 1 aromatic heterocycles. The van der Waals surface area contributed by atoms with E-state index in [0.29, 0.717) is 6.54 Å². The van der Waals surface area contributed by atoms with Gasteiger partial charge in [0.25, 0.3) is 0 Å². The number of nitrogens with two attached hydrogens (primary N) is 1. The average Bonchev–Trinajstić information content (AvgIpc) is 2.89. The topological polar surface area (TPSA) is 53.1 Å². The van der Waals surface area contributed by atoms with Gasteiger partial charge in [0.15, 0.2) is 0 Å². The molecule has 0 amide bonds. The first-order chi connectivity index (χ1) is 8.35. The van der Waals surface area contributed by atoms with E-state index in [0.717, 1.165) is 32.4 Å². The molecule has 1 aliphatic rings. The van der Waals surface area contributed by atoms with Crippen LogP contribution in [0, 0.1) is 0 Å². The second kappa shape index (κ2) is 6.17. The van der Waals surface area contributed by atoms with Crippen molar-refractivity contribution in [2.24, 2.45) is 5.73 Å². The maximum absolute atomic E-state index is 6.06. The molecule has 1 fully saturated rings. The highest BCUT2D eigenvalue weighted by molar-refractivity contribution is 4.85. The van der Waals surface area contributed by atoms with Crippen LogP contribution in [0.3, 0.4) is 0 Å². The maximum atomic E-state index is 6.06. The first-order valence-electron chi connectivity index (χ1n) is 6.64. The first kappa shape index (κ1) is 12.6. The van der Waals surface area contributed by atoms with Crippen molar-refractivity contribution in [3.63, 3.8) is 0 Å². The lowest BCUT2D eigenvalue weighted by atomic mass is 9.85. The predicted octanol–water partition coefficient (Wildman–Crippen LogP) is 1.95. The zero-order valence-electron chi connectivity index (χ0n) is 10.5. The fourth-order valence-corrected chi connectivity index (χ4v) is 2.56. The summed E-state index contributed by atoms with van der Waals surface area (Å²) in [5.74, 6) is 0. The molecule has 2 rings (SSSR count). The minimum absolute atomic E-state index is 0.0206. The summed E-state index contributed by atoms with van der Waals surface area (Å²) in [6, 6.07) is 0. The van der Waals surface area contributed by atoms with Gasteiger partial charge in [0, 0.05) is 32.1 Å². The molecule has 0 bridgehead atoms. The lowest BCUT2D eigenvalue weighted by molar-refractivity contribution is -0.0647. The third-order valence-electron chi connectivity index (χ3n) is 3.66. The van der Waals surface area contributed by atoms with Crippen molar-refractivity contribution >= 4 is 0 Å². The lowest BCUT2D eigenvalue weighted by Gasteiger charge is -2.36. The molecule has 96 valence electrons. The van der Waals surface area contributed by atoms with E-state index in [2.05, 4.69) is 9.55 Å².